The van der Waals surface area contributed by atoms with Gasteiger partial charge in [-0.05, 0) is 79.6 Å². The van der Waals surface area contributed by atoms with E-state index in [0.717, 1.165) is 12.0 Å². The fourth-order valence-corrected chi connectivity index (χ4v) is 5.50. The zero-order valence-electron chi connectivity index (χ0n) is 26.3. The van der Waals surface area contributed by atoms with Crippen LogP contribution < -0.4 is 14.2 Å². The van der Waals surface area contributed by atoms with Crippen LogP contribution in [-0.4, -0.2) is 38.2 Å². The Labute approximate surface area is 241 Å². The highest BCUT2D eigenvalue weighted by atomic mass is 28.4. The van der Waals surface area contributed by atoms with E-state index >= 15 is 0 Å². The molecule has 0 saturated heterocycles. The molecule has 0 aliphatic heterocycles. The van der Waals surface area contributed by atoms with Crippen LogP contribution >= 0.6 is 0 Å². The largest absolute Gasteiger partial charge is 0.495 e. The summed E-state index contributed by atoms with van der Waals surface area (Å²) in [6, 6.07) is 7.14. The number of aromatic carboxylic acids is 1. The van der Waals surface area contributed by atoms with E-state index in [-0.39, 0.29) is 34.8 Å². The van der Waals surface area contributed by atoms with Gasteiger partial charge in [-0.25, -0.2) is 4.79 Å². The Balaban J connectivity index is 2.67. The maximum absolute atomic E-state index is 12.7. The number of rotatable bonds is 14. The first-order valence-electron chi connectivity index (χ1n) is 14.2. The first-order chi connectivity index (χ1) is 18.5. The second kappa shape index (κ2) is 13.9. The highest BCUT2D eigenvalue weighted by Gasteiger charge is 2.40. The van der Waals surface area contributed by atoms with Gasteiger partial charge in [0.2, 0.25) is 0 Å². The summed E-state index contributed by atoms with van der Waals surface area (Å²) in [5, 5.41) is 20.5. The van der Waals surface area contributed by atoms with Gasteiger partial charge in [-0.2, -0.15) is 0 Å². The number of carbonyl (C=O) groups is 1. The lowest BCUT2D eigenvalue weighted by Crippen LogP contribution is -2.42. The summed E-state index contributed by atoms with van der Waals surface area (Å²) in [7, 11) is -0.726. The quantitative estimate of drug-likeness (QED) is 0.218. The molecule has 2 N–H and O–H groups in total. The van der Waals surface area contributed by atoms with Crippen LogP contribution in [0.25, 0.3) is 0 Å². The molecule has 0 amide bonds. The fourth-order valence-electron chi connectivity index (χ4n) is 4.21. The molecule has 0 radical (unpaired) electrons. The molecule has 0 bridgehead atoms. The van der Waals surface area contributed by atoms with Crippen molar-refractivity contribution in [2.45, 2.75) is 99.1 Å². The van der Waals surface area contributed by atoms with Crippen LogP contribution in [0.15, 0.2) is 24.3 Å². The number of ether oxygens (including phenoxy) is 3. The minimum atomic E-state index is -2.20. The van der Waals surface area contributed by atoms with Gasteiger partial charge in [0.1, 0.15) is 17.1 Å². The summed E-state index contributed by atoms with van der Waals surface area (Å²) in [6.07, 6.45) is 1.21. The van der Waals surface area contributed by atoms with Crippen molar-refractivity contribution in [3.63, 3.8) is 0 Å². The molecule has 0 aromatic heterocycles. The summed E-state index contributed by atoms with van der Waals surface area (Å²) >= 11 is 0. The topological polar surface area (TPSA) is 94.5 Å². The summed E-state index contributed by atoms with van der Waals surface area (Å²) in [5.41, 5.74) is 2.01. The monoisotopic (exact) mass is 574 g/mol. The van der Waals surface area contributed by atoms with Crippen molar-refractivity contribution in [2.75, 3.05) is 13.7 Å². The lowest BCUT2D eigenvalue weighted by Gasteiger charge is -2.40. The number of hydrogen-bond donors (Lipinski definition) is 2. The fraction of sp³-hybridized carbons (Fsp3) is 0.594. The predicted octanol–water partition coefficient (Wildman–Crippen LogP) is 8.52. The standard InChI is InChI=1S/C32H50O7Si/c1-20(2)14-15-37-27-18-22(5)17-23(19-33)29(27)38-25-13-12-24(30(36-9)28(25)31(34)35)26(16-21(3)4)39-40(10,11)32(6,7)8/h12-13,17-18,20-21,26,33H,14-16,19H2,1-11H3,(H,34,35)/t26-/m0/s1. The predicted molar refractivity (Wildman–Crippen MR) is 163 cm³/mol. The van der Waals surface area contributed by atoms with Gasteiger partial charge in [-0.15, -0.1) is 0 Å². The van der Waals surface area contributed by atoms with Crippen LogP contribution in [0.1, 0.15) is 94.5 Å². The maximum atomic E-state index is 12.7. The number of carboxylic acid groups (broad SMARTS) is 1. The van der Waals surface area contributed by atoms with E-state index in [1.165, 1.54) is 7.11 Å². The second-order valence-electron chi connectivity index (χ2n) is 12.9. The van der Waals surface area contributed by atoms with Crippen molar-refractivity contribution >= 4 is 14.3 Å². The minimum Gasteiger partial charge on any atom is -0.495 e. The van der Waals surface area contributed by atoms with E-state index in [0.29, 0.717) is 47.5 Å². The molecule has 0 unspecified atom stereocenters. The van der Waals surface area contributed by atoms with Crippen LogP contribution in [0, 0.1) is 18.8 Å². The van der Waals surface area contributed by atoms with Gasteiger partial charge >= 0.3 is 5.97 Å². The SMILES string of the molecule is COc1c([C@H](CC(C)C)O[Si](C)(C)C(C)(C)C)ccc(Oc2c(CO)cc(C)cc2OCCC(C)C)c1C(=O)O. The summed E-state index contributed by atoms with van der Waals surface area (Å²) < 4.78 is 24.9. The Kier molecular flexibility index (Phi) is 11.7. The Morgan fingerprint density at radius 1 is 1.00 bits per heavy atom. The highest BCUT2D eigenvalue weighted by Crippen LogP contribution is 2.46. The molecular weight excluding hydrogens is 524 g/mol. The van der Waals surface area contributed by atoms with Gasteiger partial charge in [-0.1, -0.05) is 48.5 Å². The van der Waals surface area contributed by atoms with Gasteiger partial charge in [0.25, 0.3) is 0 Å². The second-order valence-corrected chi connectivity index (χ2v) is 17.7. The molecule has 0 aliphatic rings. The molecule has 224 valence electrons. The molecule has 2 rings (SSSR count). The van der Waals surface area contributed by atoms with Crippen molar-refractivity contribution in [3.05, 3.63) is 46.5 Å². The normalized spacial score (nSPS) is 13.1. The number of methoxy groups -OCH3 is 1. The molecule has 2 aromatic rings. The molecule has 7 nitrogen and oxygen atoms in total. The lowest BCUT2D eigenvalue weighted by molar-refractivity contribution is 0.0689. The molecule has 1 atom stereocenters. The van der Waals surface area contributed by atoms with Crippen LogP contribution in [0.4, 0.5) is 0 Å². The Hall–Kier alpha value is -2.55. The Bertz CT molecular complexity index is 1150. The number of aliphatic hydroxyl groups excluding tert-OH is 1. The number of benzene rings is 2. The summed E-state index contributed by atoms with van der Waals surface area (Å²) in [4.78, 5) is 12.7. The molecule has 0 spiro atoms. The zero-order valence-corrected chi connectivity index (χ0v) is 27.3. The summed E-state index contributed by atoms with van der Waals surface area (Å²) in [6.45, 7) is 21.5. The molecule has 0 heterocycles. The molecule has 0 fully saturated rings. The van der Waals surface area contributed by atoms with Crippen LogP contribution in [-0.2, 0) is 11.0 Å². The van der Waals surface area contributed by atoms with Gasteiger partial charge in [0.15, 0.2) is 19.8 Å². The van der Waals surface area contributed by atoms with E-state index in [4.69, 9.17) is 18.6 Å². The van der Waals surface area contributed by atoms with Crippen molar-refractivity contribution in [3.8, 4) is 23.0 Å². The molecule has 40 heavy (non-hydrogen) atoms. The average Bonchev–Trinajstić information content (AvgIpc) is 2.82. The van der Waals surface area contributed by atoms with Crippen molar-refractivity contribution in [1.29, 1.82) is 0 Å². The van der Waals surface area contributed by atoms with E-state index in [1.807, 2.05) is 25.1 Å². The van der Waals surface area contributed by atoms with Crippen LogP contribution in [0.2, 0.25) is 18.1 Å². The number of aliphatic hydroxyl groups is 1. The third-order valence-corrected chi connectivity index (χ3v) is 11.9. The first kappa shape index (κ1) is 33.7. The third-order valence-electron chi connectivity index (χ3n) is 7.45. The van der Waals surface area contributed by atoms with Gasteiger partial charge in [0, 0.05) is 11.1 Å². The van der Waals surface area contributed by atoms with E-state index < -0.39 is 14.3 Å². The van der Waals surface area contributed by atoms with Gasteiger partial charge in [-0.3, -0.25) is 0 Å². The Morgan fingerprint density at radius 3 is 2.15 bits per heavy atom. The van der Waals surface area contributed by atoms with Gasteiger partial charge < -0.3 is 28.8 Å². The van der Waals surface area contributed by atoms with Crippen LogP contribution in [0.3, 0.4) is 0 Å². The number of carboxylic acids is 1. The third kappa shape index (κ3) is 8.48. The molecular formula is C32H50O7Si. The van der Waals surface area contributed by atoms with E-state index in [9.17, 15) is 15.0 Å². The number of hydrogen-bond acceptors (Lipinski definition) is 6. The molecule has 2 aromatic carbocycles. The van der Waals surface area contributed by atoms with Crippen molar-refractivity contribution in [2.24, 2.45) is 11.8 Å². The Morgan fingerprint density at radius 2 is 1.65 bits per heavy atom. The number of aryl methyl sites for hydroxylation is 1. The first-order valence-corrected chi connectivity index (χ1v) is 17.1. The molecule has 0 aliphatic carbocycles. The minimum absolute atomic E-state index is 0.0216. The average molecular weight is 575 g/mol. The van der Waals surface area contributed by atoms with Crippen LogP contribution in [0.5, 0.6) is 23.0 Å². The zero-order chi connectivity index (χ0) is 30.4. The highest BCUT2D eigenvalue weighted by molar-refractivity contribution is 6.74. The molecule has 0 saturated carbocycles. The van der Waals surface area contributed by atoms with E-state index in [2.05, 4.69) is 61.6 Å². The van der Waals surface area contributed by atoms with Gasteiger partial charge in [0.05, 0.1) is 26.4 Å². The maximum Gasteiger partial charge on any atom is 0.343 e. The van der Waals surface area contributed by atoms with E-state index in [1.54, 1.807) is 6.07 Å². The molecule has 8 heteroatoms. The van der Waals surface area contributed by atoms with Crippen molar-refractivity contribution in [1.82, 2.24) is 0 Å². The van der Waals surface area contributed by atoms with Crippen molar-refractivity contribution < 1.29 is 33.6 Å². The smallest absolute Gasteiger partial charge is 0.343 e. The lowest BCUT2D eigenvalue weighted by atomic mass is 9.96. The summed E-state index contributed by atoms with van der Waals surface area (Å²) in [5.74, 6) is 0.672.